The Balaban J connectivity index is 2.76. The fourth-order valence-electron chi connectivity index (χ4n) is 0.941. The lowest BCUT2D eigenvalue weighted by Crippen LogP contribution is -2.14. The predicted octanol–water partition coefficient (Wildman–Crippen LogP) is 2.19. The maximum absolute atomic E-state index is 8.38. The fraction of sp³-hybridized carbons (Fsp3) is 0.222. The van der Waals surface area contributed by atoms with Gasteiger partial charge in [0.15, 0.2) is 0 Å². The van der Waals surface area contributed by atoms with E-state index in [1.165, 1.54) is 11.8 Å². The standard InChI is InChI=1S/C9H11ClN2O2S/c1-14-7-4-6(10)2-3-8(7)15-5-9(11)12-13/h2-4,13H,5H2,1H3,(H2,11,12). The van der Waals surface area contributed by atoms with Gasteiger partial charge in [0.1, 0.15) is 11.6 Å². The number of hydrogen-bond donors (Lipinski definition) is 2. The van der Waals surface area contributed by atoms with Crippen LogP contribution in [-0.2, 0) is 0 Å². The van der Waals surface area contributed by atoms with Crippen molar-refractivity contribution in [2.75, 3.05) is 12.9 Å². The minimum Gasteiger partial charge on any atom is -0.496 e. The van der Waals surface area contributed by atoms with Crippen molar-refractivity contribution in [1.29, 1.82) is 0 Å². The molecule has 0 saturated carbocycles. The smallest absolute Gasteiger partial charge is 0.149 e. The Bertz CT molecular complexity index is 371. The van der Waals surface area contributed by atoms with Gasteiger partial charge in [-0.15, -0.1) is 11.8 Å². The number of nitrogens with zero attached hydrogens (tertiary/aromatic N) is 1. The first-order valence-corrected chi connectivity index (χ1v) is 5.46. The summed E-state index contributed by atoms with van der Waals surface area (Å²) >= 11 is 7.22. The maximum atomic E-state index is 8.38. The number of thioether (sulfide) groups is 1. The van der Waals surface area contributed by atoms with Crippen LogP contribution in [0.25, 0.3) is 0 Å². The Hall–Kier alpha value is -1.07. The van der Waals surface area contributed by atoms with Crippen LogP contribution in [0.15, 0.2) is 28.3 Å². The molecule has 0 aliphatic rings. The maximum Gasteiger partial charge on any atom is 0.149 e. The summed E-state index contributed by atoms with van der Waals surface area (Å²) in [5.74, 6) is 1.24. The summed E-state index contributed by atoms with van der Waals surface area (Å²) < 4.78 is 5.14. The Morgan fingerprint density at radius 1 is 1.67 bits per heavy atom. The van der Waals surface area contributed by atoms with Crippen molar-refractivity contribution in [3.05, 3.63) is 23.2 Å². The van der Waals surface area contributed by atoms with Gasteiger partial charge in [0.05, 0.1) is 12.9 Å². The Labute approximate surface area is 97.0 Å². The lowest BCUT2D eigenvalue weighted by Gasteiger charge is -2.07. The number of halogens is 1. The predicted molar refractivity (Wildman–Crippen MR) is 62.1 cm³/mol. The van der Waals surface area contributed by atoms with Gasteiger partial charge in [-0.1, -0.05) is 16.8 Å². The lowest BCUT2D eigenvalue weighted by atomic mass is 10.3. The molecule has 0 aliphatic heterocycles. The van der Waals surface area contributed by atoms with Crippen LogP contribution in [-0.4, -0.2) is 23.9 Å². The van der Waals surface area contributed by atoms with E-state index in [4.69, 9.17) is 27.3 Å². The van der Waals surface area contributed by atoms with Crippen molar-refractivity contribution in [2.45, 2.75) is 4.90 Å². The molecule has 15 heavy (non-hydrogen) atoms. The van der Waals surface area contributed by atoms with E-state index in [2.05, 4.69) is 5.16 Å². The second kappa shape index (κ2) is 5.72. The third-order valence-electron chi connectivity index (χ3n) is 1.63. The van der Waals surface area contributed by atoms with Crippen LogP contribution in [0.4, 0.5) is 0 Å². The molecule has 0 aliphatic carbocycles. The van der Waals surface area contributed by atoms with E-state index in [0.29, 0.717) is 16.5 Å². The molecule has 0 bridgehead atoms. The highest BCUT2D eigenvalue weighted by Crippen LogP contribution is 2.31. The van der Waals surface area contributed by atoms with E-state index in [9.17, 15) is 0 Å². The molecule has 1 aromatic rings. The van der Waals surface area contributed by atoms with Crippen LogP contribution in [0.1, 0.15) is 0 Å². The van der Waals surface area contributed by atoms with Gasteiger partial charge >= 0.3 is 0 Å². The van der Waals surface area contributed by atoms with Crippen LogP contribution in [0.2, 0.25) is 5.02 Å². The molecule has 1 aromatic carbocycles. The number of rotatable bonds is 4. The molecule has 0 aromatic heterocycles. The number of amidine groups is 1. The third kappa shape index (κ3) is 3.53. The highest BCUT2D eigenvalue weighted by Gasteiger charge is 2.05. The van der Waals surface area contributed by atoms with Gasteiger partial charge in [-0.2, -0.15) is 0 Å². The molecule has 3 N–H and O–H groups in total. The summed E-state index contributed by atoms with van der Waals surface area (Å²) in [6.07, 6.45) is 0. The number of hydrogen-bond acceptors (Lipinski definition) is 4. The van der Waals surface area contributed by atoms with Crippen molar-refractivity contribution < 1.29 is 9.94 Å². The van der Waals surface area contributed by atoms with Crippen LogP contribution >= 0.6 is 23.4 Å². The van der Waals surface area contributed by atoms with Gasteiger partial charge in [-0.3, -0.25) is 0 Å². The summed E-state index contributed by atoms with van der Waals surface area (Å²) in [5.41, 5.74) is 5.35. The van der Waals surface area contributed by atoms with Crippen LogP contribution < -0.4 is 10.5 Å². The largest absolute Gasteiger partial charge is 0.496 e. The molecule has 0 amide bonds. The van der Waals surface area contributed by atoms with E-state index in [0.717, 1.165) is 4.90 Å². The van der Waals surface area contributed by atoms with Crippen molar-refractivity contribution in [3.63, 3.8) is 0 Å². The van der Waals surface area contributed by atoms with Gasteiger partial charge in [0.25, 0.3) is 0 Å². The first-order valence-electron chi connectivity index (χ1n) is 4.10. The van der Waals surface area contributed by atoms with Crippen molar-refractivity contribution in [1.82, 2.24) is 0 Å². The molecule has 0 radical (unpaired) electrons. The normalized spacial score (nSPS) is 11.5. The summed E-state index contributed by atoms with van der Waals surface area (Å²) in [6.45, 7) is 0. The molecular formula is C9H11ClN2O2S. The van der Waals surface area contributed by atoms with Gasteiger partial charge in [0, 0.05) is 9.92 Å². The van der Waals surface area contributed by atoms with Crippen molar-refractivity contribution in [2.24, 2.45) is 10.9 Å². The molecule has 0 heterocycles. The second-order valence-electron chi connectivity index (χ2n) is 2.68. The SMILES string of the molecule is COc1cc(Cl)ccc1SC/C(N)=N\O. The highest BCUT2D eigenvalue weighted by atomic mass is 35.5. The lowest BCUT2D eigenvalue weighted by molar-refractivity contribution is 0.318. The average Bonchev–Trinajstić information content (AvgIpc) is 2.26. The summed E-state index contributed by atoms with van der Waals surface area (Å²) in [4.78, 5) is 0.897. The number of benzene rings is 1. The molecule has 0 saturated heterocycles. The van der Waals surface area contributed by atoms with E-state index in [1.807, 2.05) is 6.07 Å². The zero-order valence-corrected chi connectivity index (χ0v) is 9.68. The topological polar surface area (TPSA) is 67.8 Å². The first-order chi connectivity index (χ1) is 7.17. The fourth-order valence-corrected chi connectivity index (χ4v) is 1.91. The van der Waals surface area contributed by atoms with Crippen LogP contribution in [0.5, 0.6) is 5.75 Å². The second-order valence-corrected chi connectivity index (χ2v) is 4.13. The van der Waals surface area contributed by atoms with Crippen molar-refractivity contribution >= 4 is 29.2 Å². The monoisotopic (exact) mass is 246 g/mol. The number of oxime groups is 1. The Morgan fingerprint density at radius 2 is 2.40 bits per heavy atom. The summed E-state index contributed by atoms with van der Waals surface area (Å²) in [5, 5.41) is 11.9. The van der Waals surface area contributed by atoms with E-state index < -0.39 is 0 Å². The minimum atomic E-state index is 0.164. The molecule has 0 atom stereocenters. The van der Waals surface area contributed by atoms with Gasteiger partial charge in [0.2, 0.25) is 0 Å². The molecule has 1 rings (SSSR count). The molecule has 0 spiro atoms. The highest BCUT2D eigenvalue weighted by molar-refractivity contribution is 8.00. The number of ether oxygens (including phenoxy) is 1. The first kappa shape index (κ1) is 12.0. The van der Waals surface area contributed by atoms with Crippen molar-refractivity contribution in [3.8, 4) is 5.75 Å². The molecule has 0 fully saturated rings. The molecule has 82 valence electrons. The summed E-state index contributed by atoms with van der Waals surface area (Å²) in [7, 11) is 1.57. The quantitative estimate of drug-likeness (QED) is 0.281. The number of methoxy groups -OCH3 is 1. The molecule has 0 unspecified atom stereocenters. The minimum absolute atomic E-state index is 0.164. The van der Waals surface area contributed by atoms with E-state index in [1.54, 1.807) is 19.2 Å². The van der Waals surface area contributed by atoms with Crippen LogP contribution in [0.3, 0.4) is 0 Å². The molecule has 4 nitrogen and oxygen atoms in total. The Morgan fingerprint density at radius 3 is 3.00 bits per heavy atom. The zero-order chi connectivity index (χ0) is 11.3. The average molecular weight is 247 g/mol. The Kier molecular flexibility index (Phi) is 4.58. The molecular weight excluding hydrogens is 236 g/mol. The van der Waals surface area contributed by atoms with Gasteiger partial charge in [-0.25, -0.2) is 0 Å². The summed E-state index contributed by atoms with van der Waals surface area (Å²) in [6, 6.07) is 5.31. The third-order valence-corrected chi connectivity index (χ3v) is 2.95. The van der Waals surface area contributed by atoms with E-state index in [-0.39, 0.29) is 5.84 Å². The van der Waals surface area contributed by atoms with Gasteiger partial charge < -0.3 is 15.7 Å². The number of nitrogens with two attached hydrogens (primary N) is 1. The van der Waals surface area contributed by atoms with E-state index >= 15 is 0 Å². The molecule has 6 heteroatoms. The van der Waals surface area contributed by atoms with Gasteiger partial charge in [-0.05, 0) is 18.2 Å². The van der Waals surface area contributed by atoms with Crippen LogP contribution in [0, 0.1) is 0 Å². The zero-order valence-electron chi connectivity index (χ0n) is 8.11.